The molecule has 5 heteroatoms. The Morgan fingerprint density at radius 1 is 1.25 bits per heavy atom. The van der Waals surface area contributed by atoms with Gasteiger partial charge < -0.3 is 14.8 Å². The van der Waals surface area contributed by atoms with E-state index in [9.17, 15) is 9.59 Å². The second kappa shape index (κ2) is 11.2. The van der Waals surface area contributed by atoms with E-state index < -0.39 is 18.1 Å². The van der Waals surface area contributed by atoms with Crippen LogP contribution in [-0.4, -0.2) is 31.3 Å². The minimum absolute atomic E-state index is 0.117. The standard InChI is InChI=1S/C15H25NO4/c1-5-8-13(16-15(18)20-10-6-2)14(17)19-11-7-9-12(3)4/h2,12-13H,5,7-11H2,1,3-4H3,(H,16,18). The van der Waals surface area contributed by atoms with E-state index in [0.717, 1.165) is 19.3 Å². The van der Waals surface area contributed by atoms with Crippen molar-refractivity contribution in [2.45, 2.75) is 52.5 Å². The van der Waals surface area contributed by atoms with Crippen molar-refractivity contribution in [3.05, 3.63) is 0 Å². The molecule has 0 saturated heterocycles. The molecule has 0 aliphatic heterocycles. The second-order valence-electron chi connectivity index (χ2n) is 4.97. The third-order valence-corrected chi connectivity index (χ3v) is 2.61. The van der Waals surface area contributed by atoms with Crippen LogP contribution in [0.5, 0.6) is 0 Å². The molecule has 0 bridgehead atoms. The zero-order valence-corrected chi connectivity index (χ0v) is 12.6. The van der Waals surface area contributed by atoms with Gasteiger partial charge in [-0.3, -0.25) is 0 Å². The largest absolute Gasteiger partial charge is 0.464 e. The first kappa shape index (κ1) is 18.3. The molecule has 0 aromatic rings. The molecule has 1 N–H and O–H groups in total. The second-order valence-corrected chi connectivity index (χ2v) is 4.97. The highest BCUT2D eigenvalue weighted by atomic mass is 16.6. The van der Waals surface area contributed by atoms with Crippen LogP contribution in [0.1, 0.15) is 46.5 Å². The number of carbonyl (C=O) groups is 2. The number of amides is 1. The summed E-state index contributed by atoms with van der Waals surface area (Å²) < 4.78 is 9.84. The summed E-state index contributed by atoms with van der Waals surface area (Å²) >= 11 is 0. The van der Waals surface area contributed by atoms with E-state index in [1.165, 1.54) is 0 Å². The summed E-state index contributed by atoms with van der Waals surface area (Å²) in [5, 5.41) is 2.47. The lowest BCUT2D eigenvalue weighted by Gasteiger charge is -2.16. The summed E-state index contributed by atoms with van der Waals surface area (Å²) in [5.41, 5.74) is 0. The lowest BCUT2D eigenvalue weighted by Crippen LogP contribution is -2.42. The number of alkyl carbamates (subject to hydrolysis) is 1. The predicted octanol–water partition coefficient (Wildman–Crippen LogP) is 2.49. The molecule has 20 heavy (non-hydrogen) atoms. The van der Waals surface area contributed by atoms with Crippen molar-refractivity contribution >= 4 is 12.1 Å². The first-order valence-electron chi connectivity index (χ1n) is 7.04. The average molecular weight is 283 g/mol. The Morgan fingerprint density at radius 3 is 2.50 bits per heavy atom. The minimum atomic E-state index is -0.694. The van der Waals surface area contributed by atoms with E-state index in [-0.39, 0.29) is 6.61 Å². The van der Waals surface area contributed by atoms with Gasteiger partial charge in [-0.2, -0.15) is 0 Å². The summed E-state index contributed by atoms with van der Waals surface area (Å²) in [7, 11) is 0. The fourth-order valence-electron chi connectivity index (χ4n) is 1.59. The van der Waals surface area contributed by atoms with Crippen molar-refractivity contribution in [2.75, 3.05) is 13.2 Å². The van der Waals surface area contributed by atoms with Crippen molar-refractivity contribution < 1.29 is 19.1 Å². The molecular weight excluding hydrogens is 258 g/mol. The maximum Gasteiger partial charge on any atom is 0.408 e. The summed E-state index contributed by atoms with van der Waals surface area (Å²) in [6.45, 7) is 6.41. The van der Waals surface area contributed by atoms with Crippen LogP contribution in [0.4, 0.5) is 4.79 Å². The Bertz CT molecular complexity index is 333. The SMILES string of the molecule is C#CCOC(=O)NC(CCC)C(=O)OCCCC(C)C. The van der Waals surface area contributed by atoms with E-state index >= 15 is 0 Å². The van der Waals surface area contributed by atoms with Gasteiger partial charge in [0.2, 0.25) is 0 Å². The lowest BCUT2D eigenvalue weighted by molar-refractivity contribution is -0.146. The molecule has 0 aliphatic carbocycles. The number of esters is 1. The van der Waals surface area contributed by atoms with Crippen LogP contribution >= 0.6 is 0 Å². The molecule has 0 saturated carbocycles. The third-order valence-electron chi connectivity index (χ3n) is 2.61. The number of terminal acetylenes is 1. The van der Waals surface area contributed by atoms with Gasteiger partial charge in [-0.15, -0.1) is 6.42 Å². The highest BCUT2D eigenvalue weighted by Gasteiger charge is 2.21. The monoisotopic (exact) mass is 283 g/mol. The molecule has 0 fully saturated rings. The first-order chi connectivity index (χ1) is 9.51. The Hall–Kier alpha value is -1.70. The minimum Gasteiger partial charge on any atom is -0.464 e. The van der Waals surface area contributed by atoms with E-state index in [4.69, 9.17) is 11.2 Å². The van der Waals surface area contributed by atoms with E-state index in [0.29, 0.717) is 18.9 Å². The highest BCUT2D eigenvalue weighted by Crippen LogP contribution is 2.05. The molecule has 0 heterocycles. The van der Waals surface area contributed by atoms with Crippen LogP contribution in [0.2, 0.25) is 0 Å². The van der Waals surface area contributed by atoms with Gasteiger partial charge in [0.15, 0.2) is 6.61 Å². The molecule has 0 aromatic carbocycles. The van der Waals surface area contributed by atoms with Crippen molar-refractivity contribution in [2.24, 2.45) is 5.92 Å². The van der Waals surface area contributed by atoms with Crippen LogP contribution in [0.25, 0.3) is 0 Å². The molecule has 0 rings (SSSR count). The summed E-state index contributed by atoms with van der Waals surface area (Å²) in [4.78, 5) is 23.2. The van der Waals surface area contributed by atoms with Crippen molar-refractivity contribution in [3.63, 3.8) is 0 Å². The highest BCUT2D eigenvalue weighted by molar-refractivity contribution is 5.81. The maximum absolute atomic E-state index is 11.9. The molecule has 1 amide bonds. The van der Waals surface area contributed by atoms with Gasteiger partial charge in [0, 0.05) is 0 Å². The topological polar surface area (TPSA) is 64.6 Å². The summed E-state index contributed by atoms with van der Waals surface area (Å²) in [5.74, 6) is 2.34. The normalized spacial score (nSPS) is 11.6. The quantitative estimate of drug-likeness (QED) is 0.401. The molecule has 0 radical (unpaired) electrons. The fourth-order valence-corrected chi connectivity index (χ4v) is 1.59. The van der Waals surface area contributed by atoms with Gasteiger partial charge in [-0.25, -0.2) is 9.59 Å². The Morgan fingerprint density at radius 2 is 1.95 bits per heavy atom. The average Bonchev–Trinajstić information content (AvgIpc) is 2.40. The lowest BCUT2D eigenvalue weighted by atomic mass is 10.1. The number of hydrogen-bond donors (Lipinski definition) is 1. The van der Waals surface area contributed by atoms with Crippen molar-refractivity contribution in [1.82, 2.24) is 5.32 Å². The van der Waals surface area contributed by atoms with Crippen molar-refractivity contribution in [1.29, 1.82) is 0 Å². The van der Waals surface area contributed by atoms with Crippen LogP contribution in [0.3, 0.4) is 0 Å². The molecule has 0 aromatic heterocycles. The van der Waals surface area contributed by atoms with Crippen LogP contribution < -0.4 is 5.32 Å². The maximum atomic E-state index is 11.9. The van der Waals surface area contributed by atoms with Crippen LogP contribution in [0.15, 0.2) is 0 Å². The molecule has 1 atom stereocenters. The Balaban J connectivity index is 4.12. The Labute approximate surface area is 121 Å². The molecule has 1 unspecified atom stereocenters. The van der Waals surface area contributed by atoms with Gasteiger partial charge in [-0.1, -0.05) is 33.1 Å². The molecule has 0 aliphatic rings. The van der Waals surface area contributed by atoms with Gasteiger partial charge in [0.05, 0.1) is 6.61 Å². The molecule has 114 valence electrons. The zero-order chi connectivity index (χ0) is 15.4. The number of nitrogens with one attached hydrogen (secondary N) is 1. The van der Waals surface area contributed by atoms with Gasteiger partial charge in [-0.05, 0) is 25.2 Å². The number of rotatable bonds is 9. The first-order valence-corrected chi connectivity index (χ1v) is 7.04. The summed E-state index contributed by atoms with van der Waals surface area (Å²) in [6.07, 6.45) is 7.38. The fraction of sp³-hybridized carbons (Fsp3) is 0.733. The number of hydrogen-bond acceptors (Lipinski definition) is 4. The smallest absolute Gasteiger partial charge is 0.408 e. The van der Waals surface area contributed by atoms with Crippen molar-refractivity contribution in [3.8, 4) is 12.3 Å². The molecule has 0 spiro atoms. The van der Waals surface area contributed by atoms with E-state index in [1.54, 1.807) is 0 Å². The van der Waals surface area contributed by atoms with Crippen LogP contribution in [-0.2, 0) is 14.3 Å². The van der Waals surface area contributed by atoms with E-state index in [1.807, 2.05) is 6.92 Å². The van der Waals surface area contributed by atoms with Gasteiger partial charge in [0.1, 0.15) is 6.04 Å². The summed E-state index contributed by atoms with van der Waals surface area (Å²) in [6, 6.07) is -0.677. The Kier molecular flexibility index (Phi) is 10.2. The van der Waals surface area contributed by atoms with Gasteiger partial charge >= 0.3 is 12.1 Å². The number of carbonyl (C=O) groups excluding carboxylic acids is 2. The molecule has 5 nitrogen and oxygen atoms in total. The third kappa shape index (κ3) is 9.26. The van der Waals surface area contributed by atoms with Crippen LogP contribution in [0, 0.1) is 18.3 Å². The predicted molar refractivity (Wildman–Crippen MR) is 77.0 cm³/mol. The molecular formula is C15H25NO4. The zero-order valence-electron chi connectivity index (χ0n) is 12.6. The number of ether oxygens (including phenoxy) is 2. The van der Waals surface area contributed by atoms with Gasteiger partial charge in [0.25, 0.3) is 0 Å². The van der Waals surface area contributed by atoms with E-state index in [2.05, 4.69) is 29.8 Å².